The second kappa shape index (κ2) is 6.41. The van der Waals surface area contributed by atoms with E-state index in [0.29, 0.717) is 6.04 Å². The van der Waals surface area contributed by atoms with Crippen molar-refractivity contribution < 1.29 is 9.90 Å². The molecule has 0 radical (unpaired) electrons. The lowest BCUT2D eigenvalue weighted by atomic mass is 9.78. The normalized spacial score (nSPS) is 35.6. The molecule has 5 nitrogen and oxygen atoms in total. The van der Waals surface area contributed by atoms with Gasteiger partial charge in [0.05, 0.1) is 0 Å². The predicted octanol–water partition coefficient (Wildman–Crippen LogP) is 0.855. The fourth-order valence-corrected chi connectivity index (χ4v) is 3.88. The molecule has 2 fully saturated rings. The number of nitrogens with one attached hydrogen (secondary N) is 1. The average Bonchev–Trinajstić information content (AvgIpc) is 2.83. The first-order valence-corrected chi connectivity index (χ1v) is 7.78. The van der Waals surface area contributed by atoms with Crippen molar-refractivity contribution in [1.29, 1.82) is 0 Å². The van der Waals surface area contributed by atoms with Crippen molar-refractivity contribution in [3.05, 3.63) is 0 Å². The standard InChI is InChI=1S/C15H29N3O2/c1-16-15(14(19)20)7-4-5-13(9-15)18(3)11-12-6-8-17(2)10-12/h12-13,16H,4-11H2,1-3H3,(H,19,20). The van der Waals surface area contributed by atoms with Crippen molar-refractivity contribution in [2.45, 2.75) is 43.7 Å². The molecule has 2 N–H and O–H groups in total. The minimum Gasteiger partial charge on any atom is -0.480 e. The highest BCUT2D eigenvalue weighted by atomic mass is 16.4. The molecule has 1 saturated heterocycles. The van der Waals surface area contributed by atoms with Crippen LogP contribution in [0.3, 0.4) is 0 Å². The summed E-state index contributed by atoms with van der Waals surface area (Å²) in [5.41, 5.74) is -0.719. The van der Waals surface area contributed by atoms with Gasteiger partial charge in [-0.05, 0) is 65.7 Å². The maximum Gasteiger partial charge on any atom is 0.323 e. The van der Waals surface area contributed by atoms with Crippen LogP contribution in [-0.4, -0.2) is 73.2 Å². The average molecular weight is 283 g/mol. The highest BCUT2D eigenvalue weighted by Gasteiger charge is 2.42. The number of nitrogens with zero attached hydrogens (tertiary/aromatic N) is 2. The van der Waals surface area contributed by atoms with E-state index < -0.39 is 11.5 Å². The van der Waals surface area contributed by atoms with E-state index in [1.54, 1.807) is 7.05 Å². The van der Waals surface area contributed by atoms with Gasteiger partial charge in [0.2, 0.25) is 0 Å². The number of likely N-dealkylation sites (N-methyl/N-ethyl adjacent to an activating group) is 1. The third-order valence-corrected chi connectivity index (χ3v) is 5.27. The van der Waals surface area contributed by atoms with Gasteiger partial charge in [0.1, 0.15) is 5.54 Å². The lowest BCUT2D eigenvalue weighted by molar-refractivity contribution is -0.147. The summed E-state index contributed by atoms with van der Waals surface area (Å²) in [7, 11) is 6.12. The summed E-state index contributed by atoms with van der Waals surface area (Å²) < 4.78 is 0. The van der Waals surface area contributed by atoms with Crippen molar-refractivity contribution in [2.75, 3.05) is 40.8 Å². The van der Waals surface area contributed by atoms with Crippen LogP contribution in [0.5, 0.6) is 0 Å². The van der Waals surface area contributed by atoms with Crippen LogP contribution in [-0.2, 0) is 4.79 Å². The Kier molecular flexibility index (Phi) is 5.04. The highest BCUT2D eigenvalue weighted by Crippen LogP contribution is 2.31. The highest BCUT2D eigenvalue weighted by molar-refractivity contribution is 5.79. The van der Waals surface area contributed by atoms with Gasteiger partial charge in [0, 0.05) is 19.1 Å². The van der Waals surface area contributed by atoms with E-state index in [9.17, 15) is 9.90 Å². The van der Waals surface area contributed by atoms with E-state index in [2.05, 4.69) is 29.2 Å². The molecule has 0 bridgehead atoms. The Morgan fingerprint density at radius 1 is 1.50 bits per heavy atom. The minimum atomic E-state index is -0.719. The molecule has 2 rings (SSSR count). The molecule has 3 atom stereocenters. The van der Waals surface area contributed by atoms with Crippen LogP contribution in [0, 0.1) is 5.92 Å². The zero-order chi connectivity index (χ0) is 14.8. The summed E-state index contributed by atoms with van der Waals surface area (Å²) in [5, 5.41) is 12.6. The largest absolute Gasteiger partial charge is 0.480 e. The zero-order valence-corrected chi connectivity index (χ0v) is 13.1. The summed E-state index contributed by atoms with van der Waals surface area (Å²) in [5.74, 6) is 0.0411. The van der Waals surface area contributed by atoms with E-state index in [0.717, 1.165) is 38.1 Å². The Morgan fingerprint density at radius 3 is 2.80 bits per heavy atom. The fraction of sp³-hybridized carbons (Fsp3) is 0.933. The summed E-state index contributed by atoms with van der Waals surface area (Å²) in [6.45, 7) is 3.46. The van der Waals surface area contributed by atoms with Crippen molar-refractivity contribution in [1.82, 2.24) is 15.1 Å². The molecule has 0 aromatic heterocycles. The van der Waals surface area contributed by atoms with Gasteiger partial charge in [-0.2, -0.15) is 0 Å². The number of carbonyl (C=O) groups is 1. The molecule has 116 valence electrons. The molecule has 2 aliphatic rings. The van der Waals surface area contributed by atoms with E-state index in [-0.39, 0.29) is 0 Å². The van der Waals surface area contributed by atoms with Gasteiger partial charge in [-0.1, -0.05) is 0 Å². The van der Waals surface area contributed by atoms with Crippen molar-refractivity contribution in [3.8, 4) is 0 Å². The Labute approximate surface area is 122 Å². The third-order valence-electron chi connectivity index (χ3n) is 5.27. The molecule has 1 aliphatic carbocycles. The number of carboxylic acid groups (broad SMARTS) is 1. The number of hydrogen-bond donors (Lipinski definition) is 2. The molecule has 3 unspecified atom stereocenters. The molecular formula is C15H29N3O2. The number of rotatable bonds is 5. The Hall–Kier alpha value is -0.650. The molecule has 0 aromatic rings. The molecule has 1 aliphatic heterocycles. The van der Waals surface area contributed by atoms with Crippen molar-refractivity contribution >= 4 is 5.97 Å². The number of aliphatic carboxylic acids is 1. The van der Waals surface area contributed by atoms with Gasteiger partial charge in [-0.3, -0.25) is 4.79 Å². The lowest BCUT2D eigenvalue weighted by Gasteiger charge is -2.41. The number of likely N-dealkylation sites (tertiary alicyclic amines) is 1. The van der Waals surface area contributed by atoms with Gasteiger partial charge in [-0.15, -0.1) is 0 Å². The maximum atomic E-state index is 11.6. The summed E-state index contributed by atoms with van der Waals surface area (Å²) in [4.78, 5) is 16.4. The fourth-order valence-electron chi connectivity index (χ4n) is 3.88. The molecule has 0 aromatic carbocycles. The second-order valence-corrected chi connectivity index (χ2v) is 6.74. The number of hydrogen-bond acceptors (Lipinski definition) is 4. The SMILES string of the molecule is CNC1(C(=O)O)CCCC(N(C)CC2CCN(C)C2)C1. The first kappa shape index (κ1) is 15.7. The summed E-state index contributed by atoms with van der Waals surface area (Å²) in [6.07, 6.45) is 4.85. The lowest BCUT2D eigenvalue weighted by Crippen LogP contribution is -2.57. The van der Waals surface area contributed by atoms with Crippen LogP contribution in [0.15, 0.2) is 0 Å². The molecule has 20 heavy (non-hydrogen) atoms. The molecule has 5 heteroatoms. The van der Waals surface area contributed by atoms with Gasteiger partial charge >= 0.3 is 5.97 Å². The molecule has 1 heterocycles. The van der Waals surface area contributed by atoms with Gasteiger partial charge < -0.3 is 20.2 Å². The van der Waals surface area contributed by atoms with Crippen LogP contribution >= 0.6 is 0 Å². The summed E-state index contributed by atoms with van der Waals surface area (Å²) in [6, 6.07) is 0.387. The van der Waals surface area contributed by atoms with Gasteiger partial charge in [-0.25, -0.2) is 0 Å². The Balaban J connectivity index is 1.92. The maximum absolute atomic E-state index is 11.6. The zero-order valence-electron chi connectivity index (χ0n) is 13.1. The van der Waals surface area contributed by atoms with E-state index in [1.807, 2.05) is 0 Å². The third kappa shape index (κ3) is 3.32. The quantitative estimate of drug-likeness (QED) is 0.783. The molecule has 1 saturated carbocycles. The molecule has 0 spiro atoms. The monoisotopic (exact) mass is 283 g/mol. The molecular weight excluding hydrogens is 254 g/mol. The predicted molar refractivity (Wildman–Crippen MR) is 79.9 cm³/mol. The van der Waals surface area contributed by atoms with Crippen LogP contribution in [0.4, 0.5) is 0 Å². The van der Waals surface area contributed by atoms with Gasteiger partial charge in [0.25, 0.3) is 0 Å². The van der Waals surface area contributed by atoms with E-state index >= 15 is 0 Å². The number of carboxylic acids is 1. The van der Waals surface area contributed by atoms with Crippen molar-refractivity contribution in [2.24, 2.45) is 5.92 Å². The topological polar surface area (TPSA) is 55.8 Å². The van der Waals surface area contributed by atoms with E-state index in [4.69, 9.17) is 0 Å². The molecule has 0 amide bonds. The van der Waals surface area contributed by atoms with Gasteiger partial charge in [0.15, 0.2) is 0 Å². The smallest absolute Gasteiger partial charge is 0.323 e. The minimum absolute atomic E-state index is 0.387. The first-order chi connectivity index (χ1) is 9.47. The van der Waals surface area contributed by atoms with Crippen LogP contribution in [0.1, 0.15) is 32.1 Å². The Bertz CT molecular complexity index is 350. The van der Waals surface area contributed by atoms with Crippen molar-refractivity contribution in [3.63, 3.8) is 0 Å². The van der Waals surface area contributed by atoms with Crippen LogP contribution in [0.2, 0.25) is 0 Å². The van der Waals surface area contributed by atoms with E-state index in [1.165, 1.54) is 19.5 Å². The first-order valence-electron chi connectivity index (χ1n) is 7.78. The van der Waals surface area contributed by atoms with Crippen LogP contribution < -0.4 is 5.32 Å². The Morgan fingerprint density at radius 2 is 2.25 bits per heavy atom. The summed E-state index contributed by atoms with van der Waals surface area (Å²) >= 11 is 0. The van der Waals surface area contributed by atoms with Crippen LogP contribution in [0.25, 0.3) is 0 Å². The second-order valence-electron chi connectivity index (χ2n) is 6.74.